The first kappa shape index (κ1) is 20.4. The van der Waals surface area contributed by atoms with E-state index < -0.39 is 0 Å². The zero-order valence-electron chi connectivity index (χ0n) is 18.3. The number of amides is 1. The SMILES string of the molecule is Cc1ccc2nc(-c3ccc(NC(=O)C4CN(c5cc(-n6cncn6)ncn5)C4)cc3)sc2c1. The van der Waals surface area contributed by atoms with E-state index in [1.165, 1.54) is 22.9 Å². The molecule has 0 saturated carbocycles. The molecule has 0 spiro atoms. The molecule has 2 aromatic carbocycles. The number of aryl methyl sites for hydroxylation is 1. The Balaban J connectivity index is 1.08. The van der Waals surface area contributed by atoms with Gasteiger partial charge in [0.1, 0.15) is 29.8 Å². The van der Waals surface area contributed by atoms with Crippen molar-refractivity contribution in [2.45, 2.75) is 6.92 Å². The molecular formula is C24H20N8OS. The van der Waals surface area contributed by atoms with Gasteiger partial charge in [0.2, 0.25) is 5.91 Å². The second-order valence-electron chi connectivity index (χ2n) is 8.23. The molecule has 0 unspecified atom stereocenters. The third-order valence-electron chi connectivity index (χ3n) is 5.81. The number of carbonyl (C=O) groups excluding carboxylic acids is 1. The van der Waals surface area contributed by atoms with Crippen LogP contribution in [0.5, 0.6) is 0 Å². The van der Waals surface area contributed by atoms with Crippen molar-refractivity contribution in [1.29, 1.82) is 0 Å². The Morgan fingerprint density at radius 3 is 2.65 bits per heavy atom. The number of fused-ring (bicyclic) bond motifs is 1. The lowest BCUT2D eigenvalue weighted by Gasteiger charge is -2.39. The molecule has 1 aliphatic heterocycles. The van der Waals surface area contributed by atoms with Crippen LogP contribution in [0.4, 0.5) is 11.5 Å². The number of aromatic nitrogens is 6. The standard InChI is InChI=1S/C24H20N8OS/c1-15-2-7-19-20(8-15)34-24(30-19)16-3-5-18(6-4-16)29-23(33)17-10-31(11-17)21-9-22(27-13-26-21)32-14-25-12-28-32/h2-9,12-14,17H,10-11H2,1H3,(H,29,33). The lowest BCUT2D eigenvalue weighted by Crippen LogP contribution is -2.52. The van der Waals surface area contributed by atoms with Gasteiger partial charge in [0.05, 0.1) is 16.1 Å². The maximum atomic E-state index is 12.7. The number of rotatable bonds is 5. The second kappa shape index (κ2) is 8.31. The largest absolute Gasteiger partial charge is 0.355 e. The number of thiazole rings is 1. The first-order valence-electron chi connectivity index (χ1n) is 10.8. The Morgan fingerprint density at radius 1 is 1.03 bits per heavy atom. The van der Waals surface area contributed by atoms with Gasteiger partial charge in [-0.3, -0.25) is 4.79 Å². The monoisotopic (exact) mass is 468 g/mol. The van der Waals surface area contributed by atoms with Crippen LogP contribution in [0.25, 0.3) is 26.6 Å². The molecule has 1 amide bonds. The van der Waals surface area contributed by atoms with Crippen LogP contribution in [0.2, 0.25) is 0 Å². The van der Waals surface area contributed by atoms with Gasteiger partial charge in [-0.15, -0.1) is 11.3 Å². The van der Waals surface area contributed by atoms with E-state index >= 15 is 0 Å². The van der Waals surface area contributed by atoms with Crippen molar-refractivity contribution in [2.24, 2.45) is 5.92 Å². The number of nitrogens with one attached hydrogen (secondary N) is 1. The van der Waals surface area contributed by atoms with Gasteiger partial charge in [-0.25, -0.2) is 24.6 Å². The van der Waals surface area contributed by atoms with Gasteiger partial charge >= 0.3 is 0 Å². The summed E-state index contributed by atoms with van der Waals surface area (Å²) in [4.78, 5) is 32.0. The molecule has 10 heteroatoms. The molecule has 6 rings (SSSR count). The van der Waals surface area contributed by atoms with Crippen molar-refractivity contribution in [1.82, 2.24) is 29.7 Å². The Hall–Kier alpha value is -4.18. The predicted octanol–water partition coefficient (Wildman–Crippen LogP) is 3.72. The average Bonchev–Trinajstić information content (AvgIpc) is 3.49. The van der Waals surface area contributed by atoms with Crippen molar-refractivity contribution in [3.05, 3.63) is 73.1 Å². The molecule has 1 aliphatic rings. The zero-order valence-corrected chi connectivity index (χ0v) is 19.1. The minimum atomic E-state index is -0.100. The Labute approximate surface area is 199 Å². The van der Waals surface area contributed by atoms with Crippen LogP contribution < -0.4 is 10.2 Å². The lowest BCUT2D eigenvalue weighted by molar-refractivity contribution is -0.120. The minimum Gasteiger partial charge on any atom is -0.355 e. The molecule has 0 aliphatic carbocycles. The van der Waals surface area contributed by atoms with Crippen molar-refractivity contribution < 1.29 is 4.79 Å². The summed E-state index contributed by atoms with van der Waals surface area (Å²) in [7, 11) is 0. The summed E-state index contributed by atoms with van der Waals surface area (Å²) in [6, 6.07) is 16.0. The summed E-state index contributed by atoms with van der Waals surface area (Å²) in [6.07, 6.45) is 4.54. The van der Waals surface area contributed by atoms with E-state index in [-0.39, 0.29) is 11.8 Å². The summed E-state index contributed by atoms with van der Waals surface area (Å²) in [5.74, 6) is 1.31. The third-order valence-corrected chi connectivity index (χ3v) is 6.88. The van der Waals surface area contributed by atoms with Gasteiger partial charge in [-0.2, -0.15) is 5.10 Å². The number of hydrogen-bond acceptors (Lipinski definition) is 8. The van der Waals surface area contributed by atoms with E-state index in [1.54, 1.807) is 22.3 Å². The highest BCUT2D eigenvalue weighted by atomic mass is 32.1. The van der Waals surface area contributed by atoms with Gasteiger partial charge in [0.25, 0.3) is 0 Å². The van der Waals surface area contributed by atoms with Crippen LogP contribution in [-0.4, -0.2) is 48.7 Å². The van der Waals surface area contributed by atoms with E-state index in [2.05, 4.69) is 50.5 Å². The summed E-state index contributed by atoms with van der Waals surface area (Å²) in [5, 5.41) is 8.09. The first-order valence-corrected chi connectivity index (χ1v) is 11.6. The Kier molecular flexibility index (Phi) is 4.99. The fourth-order valence-corrected chi connectivity index (χ4v) is 4.96. The summed E-state index contributed by atoms with van der Waals surface area (Å²) < 4.78 is 2.76. The molecule has 1 saturated heterocycles. The molecule has 5 aromatic rings. The smallest absolute Gasteiger partial charge is 0.231 e. The number of hydrogen-bond donors (Lipinski definition) is 1. The topological polar surface area (TPSA) is 102 Å². The van der Waals surface area contributed by atoms with Gasteiger partial charge in [-0.1, -0.05) is 6.07 Å². The van der Waals surface area contributed by atoms with Crippen molar-refractivity contribution in [3.8, 4) is 16.4 Å². The van der Waals surface area contributed by atoms with Gasteiger partial charge in [0.15, 0.2) is 5.82 Å². The summed E-state index contributed by atoms with van der Waals surface area (Å²) >= 11 is 1.68. The zero-order chi connectivity index (χ0) is 23.1. The molecular weight excluding hydrogens is 448 g/mol. The van der Waals surface area contributed by atoms with Crippen LogP contribution in [0.1, 0.15) is 5.56 Å². The van der Waals surface area contributed by atoms with Crippen molar-refractivity contribution in [3.63, 3.8) is 0 Å². The maximum Gasteiger partial charge on any atom is 0.231 e. The molecule has 1 N–H and O–H groups in total. The highest BCUT2D eigenvalue weighted by Gasteiger charge is 2.33. The highest BCUT2D eigenvalue weighted by Crippen LogP contribution is 2.31. The Bertz CT molecular complexity index is 1470. The van der Waals surface area contributed by atoms with E-state index in [0.717, 1.165) is 27.6 Å². The van der Waals surface area contributed by atoms with Crippen molar-refractivity contribution in [2.75, 3.05) is 23.3 Å². The van der Waals surface area contributed by atoms with Gasteiger partial charge in [0, 0.05) is 30.4 Å². The van der Waals surface area contributed by atoms with Gasteiger partial charge in [-0.05, 0) is 48.9 Å². The van der Waals surface area contributed by atoms with Crippen LogP contribution in [0.15, 0.2) is 67.5 Å². The fourth-order valence-electron chi connectivity index (χ4n) is 3.89. The minimum absolute atomic E-state index is 0.00465. The summed E-state index contributed by atoms with van der Waals surface area (Å²) in [6.45, 7) is 3.28. The summed E-state index contributed by atoms with van der Waals surface area (Å²) in [5.41, 5.74) is 4.05. The van der Waals surface area contributed by atoms with E-state index in [9.17, 15) is 4.79 Å². The molecule has 0 radical (unpaired) electrons. The number of carbonyl (C=O) groups is 1. The van der Waals surface area contributed by atoms with Gasteiger partial charge < -0.3 is 10.2 Å². The second-order valence-corrected chi connectivity index (χ2v) is 9.26. The normalized spacial score (nSPS) is 13.7. The maximum absolute atomic E-state index is 12.7. The molecule has 3 aromatic heterocycles. The number of nitrogens with zero attached hydrogens (tertiary/aromatic N) is 7. The molecule has 4 heterocycles. The van der Waals surface area contributed by atoms with Crippen LogP contribution >= 0.6 is 11.3 Å². The van der Waals surface area contributed by atoms with E-state index in [0.29, 0.717) is 18.9 Å². The molecule has 34 heavy (non-hydrogen) atoms. The van der Waals surface area contributed by atoms with E-state index in [4.69, 9.17) is 4.98 Å². The lowest BCUT2D eigenvalue weighted by atomic mass is 9.99. The van der Waals surface area contributed by atoms with E-state index in [1.807, 2.05) is 35.2 Å². The van der Waals surface area contributed by atoms with Crippen LogP contribution in [0, 0.1) is 12.8 Å². The average molecular weight is 469 g/mol. The predicted molar refractivity (Wildman–Crippen MR) is 131 cm³/mol. The molecule has 0 bridgehead atoms. The third kappa shape index (κ3) is 3.88. The first-order chi connectivity index (χ1) is 16.6. The molecule has 0 atom stereocenters. The molecule has 168 valence electrons. The quantitative estimate of drug-likeness (QED) is 0.419. The molecule has 9 nitrogen and oxygen atoms in total. The Morgan fingerprint density at radius 2 is 1.85 bits per heavy atom. The number of benzene rings is 2. The van der Waals surface area contributed by atoms with Crippen molar-refractivity contribution >= 4 is 39.0 Å². The number of anilines is 2. The molecule has 1 fully saturated rings. The van der Waals surface area contributed by atoms with Crippen LogP contribution in [-0.2, 0) is 4.79 Å². The highest BCUT2D eigenvalue weighted by molar-refractivity contribution is 7.21. The van der Waals surface area contributed by atoms with Crippen LogP contribution in [0.3, 0.4) is 0 Å². The fraction of sp³-hybridized carbons (Fsp3) is 0.167.